The number of fused-ring (bicyclic) bond motifs is 2. The van der Waals surface area contributed by atoms with Crippen LogP contribution in [0, 0.1) is 6.92 Å². The van der Waals surface area contributed by atoms with Crippen LogP contribution in [0.2, 0.25) is 0 Å². The summed E-state index contributed by atoms with van der Waals surface area (Å²) in [4.78, 5) is 16.0. The number of hydrogen-bond donors (Lipinski definition) is 2. The van der Waals surface area contributed by atoms with Crippen LogP contribution in [0.15, 0.2) is 30.7 Å². The number of phenolic OH excluding ortho intramolecular Hbond substituents is 1. The number of anilines is 1. The van der Waals surface area contributed by atoms with Gasteiger partial charge in [-0.1, -0.05) is 0 Å². The summed E-state index contributed by atoms with van der Waals surface area (Å²) in [5.74, 6) is 0.614. The minimum atomic E-state index is 0.155. The molecule has 1 aliphatic heterocycles. The molecule has 1 fully saturated rings. The Labute approximate surface area is 168 Å². The zero-order valence-electron chi connectivity index (χ0n) is 16.7. The second-order valence-electron chi connectivity index (χ2n) is 7.66. The van der Waals surface area contributed by atoms with E-state index in [-0.39, 0.29) is 5.75 Å². The predicted octanol–water partition coefficient (Wildman–Crippen LogP) is 2.39. The number of aromatic nitrogens is 5. The smallest absolute Gasteiger partial charge is 0.165 e. The van der Waals surface area contributed by atoms with Gasteiger partial charge in [0.15, 0.2) is 11.5 Å². The molecule has 0 spiro atoms. The summed E-state index contributed by atoms with van der Waals surface area (Å²) < 4.78 is 1.74. The third-order valence-corrected chi connectivity index (χ3v) is 5.74. The standard InChI is InChI=1S/C21H23N7O/c1-12-18-14(10-27(3)26-18)7-17(19(12)29)21-23-8-13-6-16(9-24-20(13)25-21)28-5-4-15(11-28)22-2/h6-10,15,22,29H,4-5,11H2,1-3H3/t15-/m1/s1. The Kier molecular flexibility index (Phi) is 4.09. The molecule has 1 atom stereocenters. The zero-order valence-corrected chi connectivity index (χ0v) is 16.7. The minimum absolute atomic E-state index is 0.155. The van der Waals surface area contributed by atoms with Crippen molar-refractivity contribution in [3.8, 4) is 17.1 Å². The molecule has 1 saturated heterocycles. The summed E-state index contributed by atoms with van der Waals surface area (Å²) in [6.45, 7) is 3.84. The van der Waals surface area contributed by atoms with Crippen LogP contribution in [0.5, 0.6) is 5.75 Å². The summed E-state index contributed by atoms with van der Waals surface area (Å²) in [6.07, 6.45) is 6.69. The molecule has 0 saturated carbocycles. The normalized spacial score (nSPS) is 16.9. The lowest BCUT2D eigenvalue weighted by molar-refractivity contribution is 0.473. The van der Waals surface area contributed by atoms with E-state index in [0.29, 0.717) is 23.1 Å². The molecule has 1 aromatic carbocycles. The number of phenols is 1. The van der Waals surface area contributed by atoms with Crippen molar-refractivity contribution in [1.29, 1.82) is 0 Å². The van der Waals surface area contributed by atoms with Gasteiger partial charge >= 0.3 is 0 Å². The number of rotatable bonds is 3. The average molecular weight is 389 g/mol. The Bertz CT molecular complexity index is 1230. The first kappa shape index (κ1) is 17.8. The highest BCUT2D eigenvalue weighted by molar-refractivity contribution is 5.90. The fraction of sp³-hybridized carbons (Fsp3) is 0.333. The second-order valence-corrected chi connectivity index (χ2v) is 7.66. The molecule has 5 rings (SSSR count). The highest BCUT2D eigenvalue weighted by Crippen LogP contribution is 2.35. The summed E-state index contributed by atoms with van der Waals surface area (Å²) in [5.41, 5.74) is 3.79. The molecule has 4 aromatic rings. The number of hydrogen-bond acceptors (Lipinski definition) is 7. The van der Waals surface area contributed by atoms with Crippen LogP contribution in [0.25, 0.3) is 33.3 Å². The first-order chi connectivity index (χ1) is 14.0. The van der Waals surface area contributed by atoms with Gasteiger partial charge in [0.05, 0.1) is 23.0 Å². The molecule has 0 radical (unpaired) electrons. The molecule has 148 valence electrons. The predicted molar refractivity (Wildman–Crippen MR) is 113 cm³/mol. The Balaban J connectivity index is 1.54. The van der Waals surface area contributed by atoms with Gasteiger partial charge in [0, 0.05) is 54.9 Å². The highest BCUT2D eigenvalue weighted by Gasteiger charge is 2.22. The van der Waals surface area contributed by atoms with Crippen molar-refractivity contribution in [2.24, 2.45) is 7.05 Å². The van der Waals surface area contributed by atoms with Crippen LogP contribution in [0.1, 0.15) is 12.0 Å². The monoisotopic (exact) mass is 389 g/mol. The Morgan fingerprint density at radius 2 is 2.03 bits per heavy atom. The van der Waals surface area contributed by atoms with Gasteiger partial charge in [0.1, 0.15) is 5.75 Å². The van der Waals surface area contributed by atoms with E-state index < -0.39 is 0 Å². The van der Waals surface area contributed by atoms with E-state index in [1.54, 1.807) is 10.9 Å². The summed E-state index contributed by atoms with van der Waals surface area (Å²) in [6, 6.07) is 4.47. The van der Waals surface area contributed by atoms with Crippen molar-refractivity contribution < 1.29 is 5.11 Å². The first-order valence-corrected chi connectivity index (χ1v) is 9.75. The van der Waals surface area contributed by atoms with Gasteiger partial charge in [0.25, 0.3) is 0 Å². The molecule has 2 N–H and O–H groups in total. The van der Waals surface area contributed by atoms with Gasteiger partial charge in [-0.15, -0.1) is 0 Å². The van der Waals surface area contributed by atoms with Crippen molar-refractivity contribution in [1.82, 2.24) is 30.0 Å². The van der Waals surface area contributed by atoms with Crippen molar-refractivity contribution >= 4 is 27.6 Å². The molecule has 0 aliphatic carbocycles. The van der Waals surface area contributed by atoms with Gasteiger partial charge in [-0.3, -0.25) is 4.68 Å². The molecule has 29 heavy (non-hydrogen) atoms. The van der Waals surface area contributed by atoms with Gasteiger partial charge < -0.3 is 15.3 Å². The number of nitrogens with one attached hydrogen (secondary N) is 1. The van der Waals surface area contributed by atoms with Crippen LogP contribution >= 0.6 is 0 Å². The SMILES string of the molecule is CN[C@@H]1CCN(c2cnc3nc(-c4cc5cn(C)nc5c(C)c4O)ncc3c2)C1. The van der Waals surface area contributed by atoms with Gasteiger partial charge in [-0.05, 0) is 32.5 Å². The fourth-order valence-corrected chi connectivity index (χ4v) is 4.06. The lowest BCUT2D eigenvalue weighted by atomic mass is 10.1. The van der Waals surface area contributed by atoms with E-state index >= 15 is 0 Å². The van der Waals surface area contributed by atoms with E-state index in [1.807, 2.05) is 39.5 Å². The Morgan fingerprint density at radius 3 is 2.83 bits per heavy atom. The molecule has 0 bridgehead atoms. The molecular weight excluding hydrogens is 366 g/mol. The summed E-state index contributed by atoms with van der Waals surface area (Å²) in [5, 5.41) is 20.3. The number of benzene rings is 1. The van der Waals surface area contributed by atoms with Gasteiger partial charge in [0.2, 0.25) is 0 Å². The molecular formula is C21H23N7O. The maximum atomic E-state index is 10.7. The molecule has 4 heterocycles. The van der Waals surface area contributed by atoms with Crippen LogP contribution < -0.4 is 10.2 Å². The largest absolute Gasteiger partial charge is 0.507 e. The van der Waals surface area contributed by atoms with Crippen molar-refractivity contribution in [2.75, 3.05) is 25.0 Å². The number of aromatic hydroxyl groups is 1. The zero-order chi connectivity index (χ0) is 20.1. The highest BCUT2D eigenvalue weighted by atomic mass is 16.3. The van der Waals surface area contributed by atoms with Crippen LogP contribution in [-0.2, 0) is 7.05 Å². The van der Waals surface area contributed by atoms with E-state index in [0.717, 1.165) is 47.1 Å². The van der Waals surface area contributed by atoms with Crippen LogP contribution in [0.3, 0.4) is 0 Å². The number of nitrogens with zero attached hydrogens (tertiary/aromatic N) is 6. The molecule has 8 heteroatoms. The average Bonchev–Trinajstić information content (AvgIpc) is 3.36. The molecule has 3 aromatic heterocycles. The molecule has 0 amide bonds. The van der Waals surface area contributed by atoms with Crippen molar-refractivity contribution in [3.05, 3.63) is 36.3 Å². The van der Waals surface area contributed by atoms with E-state index in [2.05, 4.69) is 36.3 Å². The number of likely N-dealkylation sites (N-methyl/N-ethyl adjacent to an activating group) is 1. The summed E-state index contributed by atoms with van der Waals surface area (Å²) in [7, 11) is 3.87. The quantitative estimate of drug-likeness (QED) is 0.556. The Morgan fingerprint density at radius 1 is 1.17 bits per heavy atom. The minimum Gasteiger partial charge on any atom is -0.507 e. The van der Waals surface area contributed by atoms with Crippen molar-refractivity contribution in [3.63, 3.8) is 0 Å². The molecule has 8 nitrogen and oxygen atoms in total. The van der Waals surface area contributed by atoms with Crippen LogP contribution in [0.4, 0.5) is 5.69 Å². The third kappa shape index (κ3) is 2.96. The van der Waals surface area contributed by atoms with Crippen molar-refractivity contribution in [2.45, 2.75) is 19.4 Å². The molecule has 1 aliphatic rings. The lowest BCUT2D eigenvalue weighted by Crippen LogP contribution is -2.29. The van der Waals surface area contributed by atoms with Crippen LogP contribution in [-0.4, -0.2) is 56.0 Å². The molecule has 0 unspecified atom stereocenters. The Hall–Kier alpha value is -3.26. The lowest BCUT2D eigenvalue weighted by Gasteiger charge is -2.18. The topological polar surface area (TPSA) is 92.0 Å². The first-order valence-electron chi connectivity index (χ1n) is 9.75. The van der Waals surface area contributed by atoms with E-state index in [9.17, 15) is 5.11 Å². The second kappa shape index (κ2) is 6.66. The maximum absolute atomic E-state index is 10.7. The van der Waals surface area contributed by atoms with Gasteiger partial charge in [-0.25, -0.2) is 15.0 Å². The van der Waals surface area contributed by atoms with E-state index in [4.69, 9.17) is 0 Å². The number of aryl methyl sites for hydroxylation is 2. The maximum Gasteiger partial charge on any atom is 0.165 e. The van der Waals surface area contributed by atoms with E-state index in [1.165, 1.54) is 0 Å². The summed E-state index contributed by atoms with van der Waals surface area (Å²) >= 11 is 0. The van der Waals surface area contributed by atoms with Gasteiger partial charge in [-0.2, -0.15) is 5.10 Å². The number of pyridine rings is 1. The fourth-order valence-electron chi connectivity index (χ4n) is 4.06. The third-order valence-electron chi connectivity index (χ3n) is 5.74.